The van der Waals surface area contributed by atoms with Gasteiger partial charge in [0.15, 0.2) is 0 Å². The summed E-state index contributed by atoms with van der Waals surface area (Å²) >= 11 is 0. The van der Waals surface area contributed by atoms with Crippen LogP contribution in [0.25, 0.3) is 0 Å². The highest BCUT2D eigenvalue weighted by Crippen LogP contribution is 2.42. The minimum absolute atomic E-state index is 0.618. The number of aliphatic imine (C=N–C) groups is 1. The van der Waals surface area contributed by atoms with E-state index in [1.807, 2.05) is 0 Å². The molecule has 124 valence electrons. The van der Waals surface area contributed by atoms with Crippen molar-refractivity contribution in [2.24, 2.45) is 4.99 Å². The number of rotatable bonds is 4. The Morgan fingerprint density at radius 3 is 1.96 bits per heavy atom. The lowest BCUT2D eigenvalue weighted by molar-refractivity contribution is 0.918. The van der Waals surface area contributed by atoms with Crippen LogP contribution in [0.1, 0.15) is 6.92 Å². The van der Waals surface area contributed by atoms with Gasteiger partial charge in [0.1, 0.15) is 0 Å². The monoisotopic (exact) mass is 344 g/mol. The van der Waals surface area contributed by atoms with Crippen LogP contribution in [0, 0.1) is 0 Å². The molecule has 0 radical (unpaired) electrons. The second-order valence-electron chi connectivity index (χ2n) is 6.04. The number of benzene rings is 3. The van der Waals surface area contributed by atoms with E-state index in [0.717, 1.165) is 18.8 Å². The quantitative estimate of drug-likeness (QED) is 0.627. The molecule has 25 heavy (non-hydrogen) atoms. The normalized spacial score (nSPS) is 13.5. The molecule has 0 fully saturated rings. The minimum atomic E-state index is -0.618. The zero-order chi connectivity index (χ0) is 17.1. The Morgan fingerprint density at radius 1 is 0.800 bits per heavy atom. The zero-order valence-corrected chi connectivity index (χ0v) is 15.2. The highest BCUT2D eigenvalue weighted by molar-refractivity contribution is 7.88. The minimum Gasteiger partial charge on any atom is -0.364 e. The van der Waals surface area contributed by atoms with Crippen LogP contribution in [0.4, 0.5) is 11.4 Å². The van der Waals surface area contributed by atoms with Crippen molar-refractivity contribution in [3.63, 3.8) is 0 Å². The van der Waals surface area contributed by atoms with Gasteiger partial charge in [-0.1, -0.05) is 72.8 Å². The van der Waals surface area contributed by atoms with E-state index < -0.39 is 7.92 Å². The maximum Gasteiger partial charge on any atom is 0.0867 e. The fourth-order valence-electron chi connectivity index (χ4n) is 3.26. The van der Waals surface area contributed by atoms with Crippen molar-refractivity contribution < 1.29 is 0 Å². The van der Waals surface area contributed by atoms with Crippen LogP contribution in [0.15, 0.2) is 89.9 Å². The fourth-order valence-corrected chi connectivity index (χ4v) is 5.62. The van der Waals surface area contributed by atoms with Gasteiger partial charge in [0.2, 0.25) is 0 Å². The maximum atomic E-state index is 5.10. The fraction of sp³-hybridized carbons (Fsp3) is 0.136. The lowest BCUT2D eigenvalue weighted by Crippen LogP contribution is -2.34. The molecule has 0 aromatic heterocycles. The van der Waals surface area contributed by atoms with Gasteiger partial charge in [0, 0.05) is 14.5 Å². The van der Waals surface area contributed by atoms with Crippen LogP contribution in [0.2, 0.25) is 0 Å². The van der Waals surface area contributed by atoms with Gasteiger partial charge in [-0.2, -0.15) is 0 Å². The number of anilines is 1. The molecular weight excluding hydrogens is 323 g/mol. The molecule has 0 bridgehead atoms. The van der Waals surface area contributed by atoms with Crippen molar-refractivity contribution in [2.45, 2.75) is 6.92 Å². The predicted molar refractivity (Wildman–Crippen MR) is 110 cm³/mol. The summed E-state index contributed by atoms with van der Waals surface area (Å²) in [5.74, 6) is 0. The lowest BCUT2D eigenvalue weighted by atomic mass is 10.2. The standard InChI is InChI=1S/C22H21N2P/c1-2-24-17-22(23-20-15-9-10-16-21(20)24)25(18-11-5-3-6-12-18)19-13-7-4-8-14-19/h3-16H,2,17H2,1H3. The van der Waals surface area contributed by atoms with Crippen LogP contribution < -0.4 is 15.5 Å². The first-order valence-corrected chi connectivity index (χ1v) is 10.0. The van der Waals surface area contributed by atoms with Gasteiger partial charge in [0.05, 0.1) is 23.4 Å². The Hall–Kier alpha value is -2.44. The lowest BCUT2D eigenvalue weighted by Gasteiger charge is -2.32. The Labute approximate surface area is 150 Å². The molecule has 4 rings (SSSR count). The molecule has 1 heterocycles. The summed E-state index contributed by atoms with van der Waals surface area (Å²) in [6, 6.07) is 30.1. The molecule has 0 N–H and O–H groups in total. The molecule has 0 unspecified atom stereocenters. The van der Waals surface area contributed by atoms with Crippen molar-refractivity contribution >= 4 is 35.4 Å². The second-order valence-corrected chi connectivity index (χ2v) is 8.26. The van der Waals surface area contributed by atoms with Crippen LogP contribution >= 0.6 is 7.92 Å². The van der Waals surface area contributed by atoms with Gasteiger partial charge in [-0.25, -0.2) is 4.99 Å². The number of hydrogen-bond acceptors (Lipinski definition) is 2. The highest BCUT2D eigenvalue weighted by atomic mass is 31.1. The van der Waals surface area contributed by atoms with Crippen LogP contribution in [0.3, 0.4) is 0 Å². The molecule has 0 aliphatic carbocycles. The van der Waals surface area contributed by atoms with E-state index in [4.69, 9.17) is 4.99 Å². The van der Waals surface area contributed by atoms with Crippen molar-refractivity contribution in [3.05, 3.63) is 84.9 Å². The van der Waals surface area contributed by atoms with E-state index in [0.29, 0.717) is 0 Å². The Kier molecular flexibility index (Phi) is 4.63. The maximum absolute atomic E-state index is 5.10. The van der Waals surface area contributed by atoms with Gasteiger partial charge in [-0.15, -0.1) is 0 Å². The number of fused-ring (bicyclic) bond motifs is 1. The third kappa shape index (κ3) is 3.23. The Morgan fingerprint density at radius 2 is 1.36 bits per heavy atom. The van der Waals surface area contributed by atoms with E-state index in [1.54, 1.807) is 0 Å². The van der Waals surface area contributed by atoms with Gasteiger partial charge in [-0.3, -0.25) is 0 Å². The van der Waals surface area contributed by atoms with Crippen LogP contribution in [-0.2, 0) is 0 Å². The number of nitrogens with zero attached hydrogens (tertiary/aromatic N) is 2. The molecule has 3 aromatic rings. The second kappa shape index (κ2) is 7.21. The Bertz CT molecular complexity index is 835. The largest absolute Gasteiger partial charge is 0.364 e. The molecule has 1 aliphatic heterocycles. The van der Waals surface area contributed by atoms with Crippen molar-refractivity contribution in [3.8, 4) is 0 Å². The summed E-state index contributed by atoms with van der Waals surface area (Å²) in [4.78, 5) is 7.53. The first-order valence-electron chi connectivity index (χ1n) is 8.68. The van der Waals surface area contributed by atoms with E-state index in [-0.39, 0.29) is 0 Å². The van der Waals surface area contributed by atoms with Gasteiger partial charge >= 0.3 is 0 Å². The SMILES string of the molecule is CCN1CC(P(c2ccccc2)c2ccccc2)=Nc2ccccc21. The number of hydrogen-bond donors (Lipinski definition) is 0. The average Bonchev–Trinajstić information content (AvgIpc) is 2.69. The third-order valence-electron chi connectivity index (χ3n) is 4.47. The smallest absolute Gasteiger partial charge is 0.0867 e. The van der Waals surface area contributed by atoms with E-state index in [9.17, 15) is 0 Å². The Balaban J connectivity index is 1.85. The summed E-state index contributed by atoms with van der Waals surface area (Å²) in [6.45, 7) is 4.10. The van der Waals surface area contributed by atoms with E-state index in [2.05, 4.69) is 96.8 Å². The summed E-state index contributed by atoms with van der Waals surface area (Å²) in [5, 5.41) is 2.72. The number of para-hydroxylation sites is 2. The molecule has 3 heteroatoms. The first-order chi connectivity index (χ1) is 12.4. The summed E-state index contributed by atoms with van der Waals surface area (Å²) in [5.41, 5.74) is 3.60. The van der Waals surface area contributed by atoms with Crippen molar-refractivity contribution in [1.29, 1.82) is 0 Å². The molecule has 0 amide bonds. The van der Waals surface area contributed by atoms with Gasteiger partial charge in [-0.05, 0) is 29.7 Å². The molecule has 3 aromatic carbocycles. The third-order valence-corrected chi connectivity index (χ3v) is 6.86. The molecule has 1 aliphatic rings. The summed E-state index contributed by atoms with van der Waals surface area (Å²) in [6.07, 6.45) is 0. The van der Waals surface area contributed by atoms with Crippen LogP contribution in [-0.4, -0.2) is 18.5 Å². The molecule has 0 saturated heterocycles. The predicted octanol–water partition coefficient (Wildman–Crippen LogP) is 4.69. The highest BCUT2D eigenvalue weighted by Gasteiger charge is 2.26. The first kappa shape index (κ1) is 16.1. The van der Waals surface area contributed by atoms with E-state index in [1.165, 1.54) is 21.7 Å². The molecule has 0 saturated carbocycles. The van der Waals surface area contributed by atoms with Crippen molar-refractivity contribution in [1.82, 2.24) is 0 Å². The van der Waals surface area contributed by atoms with Gasteiger partial charge < -0.3 is 4.90 Å². The molecule has 0 atom stereocenters. The average molecular weight is 344 g/mol. The topological polar surface area (TPSA) is 15.6 Å². The van der Waals surface area contributed by atoms with E-state index >= 15 is 0 Å². The molecule has 2 nitrogen and oxygen atoms in total. The van der Waals surface area contributed by atoms with Gasteiger partial charge in [0.25, 0.3) is 0 Å². The zero-order valence-electron chi connectivity index (χ0n) is 14.3. The molecule has 0 spiro atoms. The summed E-state index contributed by atoms with van der Waals surface area (Å²) < 4.78 is 0. The van der Waals surface area contributed by atoms with Crippen LogP contribution in [0.5, 0.6) is 0 Å². The molecular formula is C22H21N2P. The summed E-state index contributed by atoms with van der Waals surface area (Å²) in [7, 11) is -0.618. The van der Waals surface area contributed by atoms with Crippen molar-refractivity contribution in [2.75, 3.05) is 18.0 Å².